The third-order valence-corrected chi connectivity index (χ3v) is 3.44. The minimum absolute atomic E-state index is 0.965. The highest BCUT2D eigenvalue weighted by Crippen LogP contribution is 2.29. The van der Waals surface area contributed by atoms with Gasteiger partial charge in [0, 0.05) is 23.5 Å². The Bertz CT molecular complexity index is 682. The summed E-state index contributed by atoms with van der Waals surface area (Å²) in [5.74, 6) is 0. The fourth-order valence-electron chi connectivity index (χ4n) is 2.10. The molecule has 0 spiro atoms. The number of pyridine rings is 2. The van der Waals surface area contributed by atoms with Crippen LogP contribution in [0.5, 0.6) is 0 Å². The smallest absolute Gasteiger partial charge is 0.0715 e. The van der Waals surface area contributed by atoms with Crippen LogP contribution in [0.25, 0.3) is 22.5 Å². The molecule has 0 saturated heterocycles. The van der Waals surface area contributed by atoms with Crippen LogP contribution >= 0.6 is 9.24 Å². The number of benzene rings is 1. The molecule has 0 fully saturated rings. The molecule has 0 radical (unpaired) electrons. The molecule has 19 heavy (non-hydrogen) atoms. The van der Waals surface area contributed by atoms with Crippen LogP contribution in [0.4, 0.5) is 0 Å². The quantitative estimate of drug-likeness (QED) is 0.664. The summed E-state index contributed by atoms with van der Waals surface area (Å²) >= 11 is 0. The first-order valence-corrected chi connectivity index (χ1v) is 6.65. The maximum Gasteiger partial charge on any atom is 0.0715 e. The minimum Gasteiger partial charge on any atom is -0.256 e. The molecule has 3 rings (SSSR count). The third-order valence-electron chi connectivity index (χ3n) is 2.96. The fourth-order valence-corrected chi connectivity index (χ4v) is 2.52. The van der Waals surface area contributed by atoms with E-state index in [2.05, 4.69) is 31.3 Å². The van der Waals surface area contributed by atoms with Gasteiger partial charge in [0.05, 0.1) is 11.4 Å². The van der Waals surface area contributed by atoms with E-state index in [1.807, 2.05) is 54.9 Å². The maximum absolute atomic E-state index is 4.45. The van der Waals surface area contributed by atoms with Crippen molar-refractivity contribution in [2.45, 2.75) is 0 Å². The lowest BCUT2D eigenvalue weighted by Crippen LogP contribution is -2.01. The summed E-state index contributed by atoms with van der Waals surface area (Å²) in [5, 5.41) is 1.13. The highest BCUT2D eigenvalue weighted by Gasteiger charge is 2.11. The number of nitrogens with zero attached hydrogens (tertiary/aromatic N) is 2. The van der Waals surface area contributed by atoms with Gasteiger partial charge < -0.3 is 0 Å². The molecule has 0 bridgehead atoms. The molecule has 0 aliphatic carbocycles. The Kier molecular flexibility index (Phi) is 3.35. The number of hydrogen-bond donors (Lipinski definition) is 0. The van der Waals surface area contributed by atoms with Crippen LogP contribution in [-0.4, -0.2) is 9.97 Å². The van der Waals surface area contributed by atoms with Gasteiger partial charge in [-0.25, -0.2) is 0 Å². The lowest BCUT2D eigenvalue weighted by atomic mass is 10.0. The predicted octanol–water partition coefficient (Wildman–Crippen LogP) is 3.31. The van der Waals surface area contributed by atoms with Crippen molar-refractivity contribution >= 4 is 14.5 Å². The van der Waals surface area contributed by atoms with E-state index in [0.29, 0.717) is 0 Å². The molecule has 0 saturated carbocycles. The van der Waals surface area contributed by atoms with Gasteiger partial charge in [-0.15, -0.1) is 9.24 Å². The number of aromatic nitrogens is 2. The van der Waals surface area contributed by atoms with Crippen LogP contribution in [0.3, 0.4) is 0 Å². The second-order valence-corrected chi connectivity index (χ2v) is 4.82. The monoisotopic (exact) mass is 264 g/mol. The largest absolute Gasteiger partial charge is 0.256 e. The van der Waals surface area contributed by atoms with Gasteiger partial charge in [0.25, 0.3) is 0 Å². The molecular weight excluding hydrogens is 251 g/mol. The summed E-state index contributed by atoms with van der Waals surface area (Å²) in [6.07, 6.45) is 3.63. The van der Waals surface area contributed by atoms with E-state index in [9.17, 15) is 0 Å². The summed E-state index contributed by atoms with van der Waals surface area (Å²) in [4.78, 5) is 8.89. The number of hydrogen-bond acceptors (Lipinski definition) is 2. The normalized spacial score (nSPS) is 10.4. The third kappa shape index (κ3) is 2.40. The fraction of sp³-hybridized carbons (Fsp3) is 0. The second kappa shape index (κ2) is 5.29. The van der Waals surface area contributed by atoms with Crippen LogP contribution in [0.15, 0.2) is 67.0 Å². The Morgan fingerprint density at radius 2 is 1.37 bits per heavy atom. The Hall–Kier alpha value is -2.05. The molecule has 3 aromatic rings. The predicted molar refractivity (Wildman–Crippen MR) is 82.2 cm³/mol. The molecule has 0 aliphatic rings. The lowest BCUT2D eigenvalue weighted by molar-refractivity contribution is 1.30. The molecule has 92 valence electrons. The van der Waals surface area contributed by atoms with Gasteiger partial charge in [0.15, 0.2) is 0 Å². The lowest BCUT2D eigenvalue weighted by Gasteiger charge is -2.11. The van der Waals surface area contributed by atoms with E-state index in [1.165, 1.54) is 0 Å². The first-order chi connectivity index (χ1) is 9.36. The van der Waals surface area contributed by atoms with Crippen LogP contribution < -0.4 is 5.30 Å². The SMILES string of the molecule is Pc1cccc(-c2ccccn2)c1-c1ccccn1. The molecular formula is C16H13N2P. The molecule has 2 aromatic heterocycles. The van der Waals surface area contributed by atoms with E-state index in [0.717, 1.165) is 27.8 Å². The van der Waals surface area contributed by atoms with Crippen molar-refractivity contribution in [3.63, 3.8) is 0 Å². The molecule has 1 unspecified atom stereocenters. The molecule has 1 aromatic carbocycles. The van der Waals surface area contributed by atoms with E-state index >= 15 is 0 Å². The van der Waals surface area contributed by atoms with Gasteiger partial charge in [-0.2, -0.15) is 0 Å². The average Bonchev–Trinajstić information content (AvgIpc) is 2.49. The zero-order valence-electron chi connectivity index (χ0n) is 10.3. The van der Waals surface area contributed by atoms with E-state index in [4.69, 9.17) is 0 Å². The van der Waals surface area contributed by atoms with Gasteiger partial charge in [-0.3, -0.25) is 9.97 Å². The van der Waals surface area contributed by atoms with Gasteiger partial charge >= 0.3 is 0 Å². The van der Waals surface area contributed by atoms with E-state index < -0.39 is 0 Å². The molecule has 0 N–H and O–H groups in total. The molecule has 0 amide bonds. The standard InChI is InChI=1S/C16H13N2P/c19-15-9-5-6-12(13-7-1-3-10-17-13)16(15)14-8-2-4-11-18-14/h1-11H,19H2. The molecule has 3 heteroatoms. The average molecular weight is 264 g/mol. The van der Waals surface area contributed by atoms with Crippen LogP contribution in [0.2, 0.25) is 0 Å². The molecule has 0 aliphatic heterocycles. The van der Waals surface area contributed by atoms with Crippen molar-refractivity contribution in [1.29, 1.82) is 0 Å². The summed E-state index contributed by atoms with van der Waals surface area (Å²) in [5.41, 5.74) is 4.15. The zero-order valence-corrected chi connectivity index (χ0v) is 11.5. The van der Waals surface area contributed by atoms with Gasteiger partial charge in [0.1, 0.15) is 0 Å². The van der Waals surface area contributed by atoms with Gasteiger partial charge in [-0.05, 0) is 29.6 Å². The highest BCUT2D eigenvalue weighted by molar-refractivity contribution is 7.28. The zero-order chi connectivity index (χ0) is 13.1. The first kappa shape index (κ1) is 12.0. The Labute approximate surface area is 114 Å². The van der Waals surface area contributed by atoms with Crippen molar-refractivity contribution in [2.24, 2.45) is 0 Å². The minimum atomic E-state index is 0.965. The summed E-state index contributed by atoms with van der Waals surface area (Å²) in [6.45, 7) is 0. The summed E-state index contributed by atoms with van der Waals surface area (Å²) < 4.78 is 0. The highest BCUT2D eigenvalue weighted by atomic mass is 31.0. The Morgan fingerprint density at radius 1 is 0.684 bits per heavy atom. The van der Waals surface area contributed by atoms with Crippen molar-refractivity contribution in [3.8, 4) is 22.5 Å². The topological polar surface area (TPSA) is 25.8 Å². The molecule has 1 atom stereocenters. The first-order valence-electron chi connectivity index (χ1n) is 6.07. The van der Waals surface area contributed by atoms with Crippen LogP contribution in [0, 0.1) is 0 Å². The number of rotatable bonds is 2. The van der Waals surface area contributed by atoms with Crippen LogP contribution in [-0.2, 0) is 0 Å². The van der Waals surface area contributed by atoms with Crippen molar-refractivity contribution < 1.29 is 0 Å². The Balaban J connectivity index is 2.25. The van der Waals surface area contributed by atoms with Crippen LogP contribution in [0.1, 0.15) is 0 Å². The van der Waals surface area contributed by atoms with Crippen molar-refractivity contribution in [3.05, 3.63) is 67.0 Å². The molecule has 2 nitrogen and oxygen atoms in total. The van der Waals surface area contributed by atoms with Gasteiger partial charge in [0.2, 0.25) is 0 Å². The Morgan fingerprint density at radius 3 is 2.00 bits per heavy atom. The van der Waals surface area contributed by atoms with E-state index in [-0.39, 0.29) is 0 Å². The van der Waals surface area contributed by atoms with Crippen molar-refractivity contribution in [2.75, 3.05) is 0 Å². The maximum atomic E-state index is 4.45. The second-order valence-electron chi connectivity index (χ2n) is 4.20. The summed E-state index contributed by atoms with van der Waals surface area (Å²) in [7, 11) is 2.78. The summed E-state index contributed by atoms with van der Waals surface area (Å²) in [6, 6.07) is 18.1. The molecule has 2 heterocycles. The van der Waals surface area contributed by atoms with Crippen molar-refractivity contribution in [1.82, 2.24) is 9.97 Å². The van der Waals surface area contributed by atoms with E-state index in [1.54, 1.807) is 0 Å². The van der Waals surface area contributed by atoms with Gasteiger partial charge in [-0.1, -0.05) is 30.3 Å².